The zero-order valence-corrected chi connectivity index (χ0v) is 32.6. The molecule has 0 spiro atoms. The number of aromatic nitrogens is 2. The summed E-state index contributed by atoms with van der Waals surface area (Å²) in [5.74, 6) is -0.237. The van der Waals surface area contributed by atoms with Gasteiger partial charge in [0.15, 0.2) is 5.82 Å². The van der Waals surface area contributed by atoms with Gasteiger partial charge in [0.05, 0.1) is 10.8 Å². The largest absolute Gasteiger partial charge is 0.481 e. The molecule has 2 aliphatic rings. The zero-order valence-electron chi connectivity index (χ0n) is 31.7. The molecule has 1 atom stereocenters. The Morgan fingerprint density at radius 1 is 0.904 bits per heavy atom. The van der Waals surface area contributed by atoms with Gasteiger partial charge in [-0.05, 0) is 76.9 Å². The highest BCUT2D eigenvalue weighted by Crippen LogP contribution is 2.43. The number of thioether (sulfide) groups is 1. The molecular weight excluding hydrogens is 669 g/mol. The summed E-state index contributed by atoms with van der Waals surface area (Å²) in [4.78, 5) is 50.3. The highest BCUT2D eigenvalue weighted by atomic mass is 32.2. The second-order valence-electron chi connectivity index (χ2n) is 16.5. The maximum atomic E-state index is 13.5. The van der Waals surface area contributed by atoms with Crippen molar-refractivity contribution in [2.45, 2.75) is 92.5 Å². The first-order valence-electron chi connectivity index (χ1n) is 18.4. The molecule has 2 fully saturated rings. The second-order valence-corrected chi connectivity index (χ2v) is 17.6. The number of carbonyl (C=O) groups excluding carboxylic acids is 2. The van der Waals surface area contributed by atoms with E-state index < -0.39 is 23.8 Å². The average molecular weight is 723 g/mol. The molecule has 1 saturated heterocycles. The third kappa shape index (κ3) is 9.59. The van der Waals surface area contributed by atoms with E-state index in [-0.39, 0.29) is 30.8 Å². The summed E-state index contributed by atoms with van der Waals surface area (Å²) in [5, 5.41) is 12.2. The van der Waals surface area contributed by atoms with Crippen molar-refractivity contribution in [1.29, 1.82) is 0 Å². The fraction of sp³-hybridized carbons (Fsp3) is 0.465. The van der Waals surface area contributed by atoms with Gasteiger partial charge >= 0.3 is 5.97 Å². The molecule has 9 heteroatoms. The monoisotopic (exact) mass is 722 g/mol. The molecule has 2 N–H and O–H groups in total. The maximum Gasteiger partial charge on any atom is 0.310 e. The van der Waals surface area contributed by atoms with Gasteiger partial charge in [-0.3, -0.25) is 14.4 Å². The first-order chi connectivity index (χ1) is 24.5. The number of benzene rings is 2. The SMILES string of the molecule is C=C(S/C(=C\C)C(C)(C)C)C(=O)N[C@@H](Cc1ccc(-c2ncc(-c3ccc(C4CCC(C(C)(C)C)CC4)cc3)cn2)cc1)C(=O)N1CC(C(=O)O)C1. The van der Waals surface area contributed by atoms with E-state index >= 15 is 0 Å². The minimum atomic E-state index is -0.928. The van der Waals surface area contributed by atoms with Crippen LogP contribution in [0.25, 0.3) is 22.5 Å². The zero-order chi connectivity index (χ0) is 37.8. The lowest BCUT2D eigenvalue weighted by atomic mass is 9.68. The van der Waals surface area contributed by atoms with Crippen LogP contribution < -0.4 is 5.32 Å². The summed E-state index contributed by atoms with van der Waals surface area (Å²) in [6, 6.07) is 15.6. The number of rotatable bonds is 11. The van der Waals surface area contributed by atoms with Gasteiger partial charge in [0.1, 0.15) is 6.04 Å². The molecule has 8 nitrogen and oxygen atoms in total. The normalized spacial score (nSPS) is 19.1. The molecule has 0 unspecified atom stereocenters. The molecule has 2 heterocycles. The molecule has 1 aromatic heterocycles. The third-order valence-corrected chi connectivity index (χ3v) is 12.1. The molecule has 2 amide bonds. The van der Waals surface area contributed by atoms with E-state index in [1.54, 1.807) is 0 Å². The van der Waals surface area contributed by atoms with Crippen molar-refractivity contribution < 1.29 is 19.5 Å². The van der Waals surface area contributed by atoms with Crippen LogP contribution in [-0.2, 0) is 20.8 Å². The molecule has 0 bridgehead atoms. The van der Waals surface area contributed by atoms with E-state index in [4.69, 9.17) is 0 Å². The van der Waals surface area contributed by atoms with Gasteiger partial charge in [-0.1, -0.05) is 114 Å². The number of hydrogen-bond acceptors (Lipinski definition) is 6. The van der Waals surface area contributed by atoms with Gasteiger partial charge in [0, 0.05) is 43.0 Å². The van der Waals surface area contributed by atoms with E-state index in [1.165, 1.54) is 47.9 Å². The van der Waals surface area contributed by atoms with Crippen LogP contribution in [0.15, 0.2) is 83.4 Å². The van der Waals surface area contributed by atoms with Gasteiger partial charge in [-0.2, -0.15) is 0 Å². The Morgan fingerprint density at radius 2 is 1.48 bits per heavy atom. The van der Waals surface area contributed by atoms with Gasteiger partial charge in [-0.15, -0.1) is 0 Å². The number of allylic oxidation sites excluding steroid dienone is 2. The Morgan fingerprint density at radius 3 is 2.00 bits per heavy atom. The number of carbonyl (C=O) groups is 3. The number of likely N-dealkylation sites (tertiary alicyclic amines) is 1. The summed E-state index contributed by atoms with van der Waals surface area (Å²) >= 11 is 1.30. The van der Waals surface area contributed by atoms with Gasteiger partial charge in [-0.25, -0.2) is 9.97 Å². The summed E-state index contributed by atoms with van der Waals surface area (Å²) in [6.07, 6.45) is 11.0. The van der Waals surface area contributed by atoms with E-state index in [0.717, 1.165) is 33.1 Å². The highest BCUT2D eigenvalue weighted by Gasteiger charge is 2.39. The molecule has 3 aromatic rings. The van der Waals surface area contributed by atoms with Gasteiger partial charge in [0.2, 0.25) is 5.91 Å². The van der Waals surface area contributed by atoms with Crippen LogP contribution in [0.3, 0.4) is 0 Å². The second kappa shape index (κ2) is 16.2. The Labute approximate surface area is 313 Å². The van der Waals surface area contributed by atoms with Crippen molar-refractivity contribution in [3.05, 3.63) is 94.5 Å². The number of nitrogens with one attached hydrogen (secondary N) is 1. The Hall–Kier alpha value is -4.24. The fourth-order valence-electron chi connectivity index (χ4n) is 7.19. The minimum Gasteiger partial charge on any atom is -0.481 e. The lowest BCUT2D eigenvalue weighted by molar-refractivity contribution is -0.154. The molecule has 276 valence electrons. The standard InChI is InChI=1S/C43H54N4O4S/c1-9-37(43(6,7)8)52-27(2)39(48)46-36(40(49)47-25-34(26-47)41(50)51)22-28-10-12-32(13-11-28)38-44-23-33(24-45-38)31-16-14-29(15-17-31)30-18-20-35(21-19-30)42(3,4)5/h9-17,23-24,30,34-36H,2,18-22,25-26H2,1,3-8H3,(H,46,48)(H,50,51)/b37-9-/t30?,35?,36-/m0/s1. The number of carboxylic acids is 1. The number of hydrogen-bond donors (Lipinski definition) is 2. The molecule has 1 saturated carbocycles. The smallest absolute Gasteiger partial charge is 0.310 e. The minimum absolute atomic E-state index is 0.123. The van der Waals surface area contributed by atoms with Crippen molar-refractivity contribution in [2.24, 2.45) is 22.7 Å². The van der Waals surface area contributed by atoms with Crippen LogP contribution >= 0.6 is 11.8 Å². The molecule has 5 rings (SSSR count). The molecule has 1 aliphatic heterocycles. The number of aliphatic carboxylic acids is 1. The predicted octanol–water partition coefficient (Wildman–Crippen LogP) is 8.90. The van der Waals surface area contributed by atoms with Crippen molar-refractivity contribution >= 4 is 29.5 Å². The molecule has 1 aliphatic carbocycles. The topological polar surface area (TPSA) is 112 Å². The Bertz CT molecular complexity index is 1770. The van der Waals surface area contributed by atoms with Crippen LogP contribution in [0.1, 0.15) is 91.2 Å². The van der Waals surface area contributed by atoms with E-state index in [9.17, 15) is 19.5 Å². The summed E-state index contributed by atoms with van der Waals surface area (Å²) in [6.45, 7) is 19.4. The molecule has 52 heavy (non-hydrogen) atoms. The van der Waals surface area contributed by atoms with Crippen LogP contribution in [-0.4, -0.2) is 56.9 Å². The van der Waals surface area contributed by atoms with Crippen LogP contribution in [0.4, 0.5) is 0 Å². The van der Waals surface area contributed by atoms with Crippen molar-refractivity contribution in [3.63, 3.8) is 0 Å². The van der Waals surface area contributed by atoms with E-state index in [1.807, 2.05) is 49.7 Å². The quantitative estimate of drug-likeness (QED) is 0.190. The average Bonchev–Trinajstić information content (AvgIpc) is 3.09. The van der Waals surface area contributed by atoms with Gasteiger partial charge in [0.25, 0.3) is 5.91 Å². The van der Waals surface area contributed by atoms with Crippen LogP contribution in [0.2, 0.25) is 0 Å². The number of carboxylic acid groups (broad SMARTS) is 1. The van der Waals surface area contributed by atoms with Crippen molar-refractivity contribution in [3.8, 4) is 22.5 Å². The Balaban J connectivity index is 1.23. The number of amides is 2. The lowest BCUT2D eigenvalue weighted by Gasteiger charge is -2.39. The summed E-state index contributed by atoms with van der Waals surface area (Å²) in [7, 11) is 0. The Kier molecular flexibility index (Phi) is 12.1. The number of nitrogens with zero attached hydrogens (tertiary/aromatic N) is 3. The van der Waals surface area contributed by atoms with Crippen molar-refractivity contribution in [1.82, 2.24) is 20.2 Å². The van der Waals surface area contributed by atoms with Gasteiger partial charge < -0.3 is 15.3 Å². The first kappa shape index (κ1) is 39.0. The van der Waals surface area contributed by atoms with Crippen LogP contribution in [0.5, 0.6) is 0 Å². The van der Waals surface area contributed by atoms with E-state index in [0.29, 0.717) is 22.1 Å². The molecular formula is C43H54N4O4S. The lowest BCUT2D eigenvalue weighted by Crippen LogP contribution is -2.59. The maximum absolute atomic E-state index is 13.5. The highest BCUT2D eigenvalue weighted by molar-refractivity contribution is 8.07. The summed E-state index contributed by atoms with van der Waals surface area (Å²) < 4.78 is 0. The molecule has 0 radical (unpaired) electrons. The predicted molar refractivity (Wildman–Crippen MR) is 210 cm³/mol. The third-order valence-electron chi connectivity index (χ3n) is 10.6. The fourth-order valence-corrected chi connectivity index (χ4v) is 8.03. The molecule has 2 aromatic carbocycles. The van der Waals surface area contributed by atoms with Crippen LogP contribution in [0, 0.1) is 22.7 Å². The van der Waals surface area contributed by atoms with Crippen molar-refractivity contribution in [2.75, 3.05) is 13.1 Å². The first-order valence-corrected chi connectivity index (χ1v) is 19.2. The van der Waals surface area contributed by atoms with E-state index in [2.05, 4.69) is 87.7 Å². The summed E-state index contributed by atoms with van der Waals surface area (Å²) in [5.41, 5.74) is 5.35.